The number of aliphatic hydroxyl groups is 1. The summed E-state index contributed by atoms with van der Waals surface area (Å²) < 4.78 is 22.1. The number of hydrogen-bond donors (Lipinski definition) is 1. The van der Waals surface area contributed by atoms with E-state index >= 15 is 0 Å². The summed E-state index contributed by atoms with van der Waals surface area (Å²) in [6.45, 7) is 7.66. The average Bonchev–Trinajstić information content (AvgIpc) is 2.61. The molecule has 0 aliphatic rings. The Morgan fingerprint density at radius 1 is 1.11 bits per heavy atom. The number of ether oxygens (including phenoxy) is 4. The highest BCUT2D eigenvalue weighted by Crippen LogP contribution is 2.39. The van der Waals surface area contributed by atoms with E-state index in [1.165, 1.54) is 0 Å². The van der Waals surface area contributed by atoms with Gasteiger partial charge < -0.3 is 24.1 Å². The summed E-state index contributed by atoms with van der Waals surface area (Å²) in [7, 11) is 3.15. The number of carbonyl (C=O) groups is 1. The van der Waals surface area contributed by atoms with E-state index in [1.807, 2.05) is 32.9 Å². The molecule has 0 bridgehead atoms. The number of hydrogen-bond acceptors (Lipinski definition) is 6. The summed E-state index contributed by atoms with van der Waals surface area (Å²) >= 11 is 0. The Morgan fingerprint density at radius 2 is 1.70 bits per heavy atom. The van der Waals surface area contributed by atoms with Gasteiger partial charge in [-0.15, -0.1) is 0 Å². The van der Waals surface area contributed by atoms with E-state index in [0.717, 1.165) is 18.4 Å². The van der Waals surface area contributed by atoms with Crippen molar-refractivity contribution in [2.24, 2.45) is 0 Å². The summed E-state index contributed by atoms with van der Waals surface area (Å²) in [6, 6.07) is 3.69. The lowest BCUT2D eigenvalue weighted by Crippen LogP contribution is -2.25. The standard InChI is InChI=1S/C21H34O6/c1-7-9-17(27-20(23)8-2)13-16(22)10-15-11-18(24-5)21(26-14(3)4)19(12-15)25-6/h11-12,14,16-17,22H,7-10,13H2,1-6H3/t16-,17-/m0/s1. The molecule has 1 N–H and O–H groups in total. The second-order valence-electron chi connectivity index (χ2n) is 6.84. The third-order valence-corrected chi connectivity index (χ3v) is 4.08. The van der Waals surface area contributed by atoms with Crippen LogP contribution in [0, 0.1) is 0 Å². The van der Waals surface area contributed by atoms with Crippen LogP contribution in [-0.4, -0.2) is 43.6 Å². The highest BCUT2D eigenvalue weighted by Gasteiger charge is 2.20. The third kappa shape index (κ3) is 7.67. The zero-order valence-corrected chi connectivity index (χ0v) is 17.4. The largest absolute Gasteiger partial charge is 0.493 e. The Bertz CT molecular complexity index is 559. The van der Waals surface area contributed by atoms with Gasteiger partial charge in [-0.3, -0.25) is 4.79 Å². The minimum Gasteiger partial charge on any atom is -0.493 e. The molecule has 27 heavy (non-hydrogen) atoms. The fourth-order valence-corrected chi connectivity index (χ4v) is 2.88. The summed E-state index contributed by atoms with van der Waals surface area (Å²) in [5, 5.41) is 10.5. The maximum atomic E-state index is 11.6. The molecule has 0 spiro atoms. The fraction of sp³-hybridized carbons (Fsp3) is 0.667. The van der Waals surface area contributed by atoms with Crippen molar-refractivity contribution in [2.45, 2.75) is 78.1 Å². The fourth-order valence-electron chi connectivity index (χ4n) is 2.88. The van der Waals surface area contributed by atoms with Gasteiger partial charge in [0, 0.05) is 12.8 Å². The van der Waals surface area contributed by atoms with Crippen LogP contribution in [0.4, 0.5) is 0 Å². The van der Waals surface area contributed by atoms with E-state index in [2.05, 4.69) is 0 Å². The molecule has 1 rings (SSSR count). The molecule has 2 atom stereocenters. The molecule has 0 aromatic heterocycles. The van der Waals surface area contributed by atoms with Crippen molar-refractivity contribution in [3.05, 3.63) is 17.7 Å². The second kappa shape index (κ2) is 11.7. The SMILES string of the molecule is CCC[C@@H](C[C@@H](O)Cc1cc(OC)c(OC(C)C)c(OC)c1)OC(=O)CC. The maximum Gasteiger partial charge on any atom is 0.305 e. The van der Waals surface area contributed by atoms with Crippen LogP contribution < -0.4 is 14.2 Å². The molecule has 0 saturated heterocycles. The second-order valence-corrected chi connectivity index (χ2v) is 6.84. The van der Waals surface area contributed by atoms with Crippen LogP contribution in [0.2, 0.25) is 0 Å². The third-order valence-electron chi connectivity index (χ3n) is 4.08. The van der Waals surface area contributed by atoms with E-state index < -0.39 is 6.10 Å². The van der Waals surface area contributed by atoms with E-state index in [4.69, 9.17) is 18.9 Å². The van der Waals surface area contributed by atoms with Crippen LogP contribution >= 0.6 is 0 Å². The van der Waals surface area contributed by atoms with Crippen molar-refractivity contribution >= 4 is 5.97 Å². The van der Waals surface area contributed by atoms with Crippen molar-refractivity contribution in [3.8, 4) is 17.2 Å². The zero-order chi connectivity index (χ0) is 20.4. The summed E-state index contributed by atoms with van der Waals surface area (Å²) in [5.74, 6) is 1.44. The van der Waals surface area contributed by atoms with Crippen LogP contribution in [0.3, 0.4) is 0 Å². The predicted octanol–water partition coefficient (Wildman–Crippen LogP) is 3.91. The van der Waals surface area contributed by atoms with Gasteiger partial charge in [0.05, 0.1) is 26.4 Å². The molecule has 0 radical (unpaired) electrons. The molecule has 0 unspecified atom stereocenters. The number of rotatable bonds is 12. The van der Waals surface area contributed by atoms with Crippen LogP contribution in [0.1, 0.15) is 58.9 Å². The van der Waals surface area contributed by atoms with Crippen molar-refractivity contribution in [3.63, 3.8) is 0 Å². The van der Waals surface area contributed by atoms with Crippen molar-refractivity contribution < 1.29 is 28.8 Å². The lowest BCUT2D eigenvalue weighted by Gasteiger charge is -2.22. The molecule has 0 heterocycles. The smallest absolute Gasteiger partial charge is 0.305 e. The Hall–Kier alpha value is -1.95. The van der Waals surface area contributed by atoms with Gasteiger partial charge in [0.1, 0.15) is 6.10 Å². The van der Waals surface area contributed by atoms with Crippen molar-refractivity contribution in [2.75, 3.05) is 14.2 Å². The molecule has 6 nitrogen and oxygen atoms in total. The number of methoxy groups -OCH3 is 2. The molecule has 1 aromatic carbocycles. The first kappa shape index (κ1) is 23.1. The molecule has 0 saturated carbocycles. The average molecular weight is 382 g/mol. The zero-order valence-electron chi connectivity index (χ0n) is 17.4. The van der Waals surface area contributed by atoms with E-state index in [0.29, 0.717) is 36.5 Å². The van der Waals surface area contributed by atoms with Crippen molar-refractivity contribution in [1.82, 2.24) is 0 Å². The molecular weight excluding hydrogens is 348 g/mol. The number of esters is 1. The first-order chi connectivity index (χ1) is 12.8. The minimum atomic E-state index is -0.641. The topological polar surface area (TPSA) is 74.2 Å². The highest BCUT2D eigenvalue weighted by molar-refractivity contribution is 5.69. The number of carbonyl (C=O) groups excluding carboxylic acids is 1. The lowest BCUT2D eigenvalue weighted by molar-refractivity contribution is -0.150. The molecule has 0 aliphatic carbocycles. The molecule has 154 valence electrons. The van der Waals surface area contributed by atoms with Gasteiger partial charge in [-0.25, -0.2) is 0 Å². The van der Waals surface area contributed by atoms with Crippen LogP contribution in [0.15, 0.2) is 12.1 Å². The van der Waals surface area contributed by atoms with Gasteiger partial charge in [-0.2, -0.15) is 0 Å². The Labute approximate surface area is 162 Å². The molecule has 6 heteroatoms. The van der Waals surface area contributed by atoms with Gasteiger partial charge in [-0.05, 0) is 44.4 Å². The summed E-state index contributed by atoms with van der Waals surface area (Å²) in [5.41, 5.74) is 0.865. The van der Waals surface area contributed by atoms with Gasteiger partial charge in [0.25, 0.3) is 0 Å². The molecule has 0 amide bonds. The van der Waals surface area contributed by atoms with Gasteiger partial charge in [-0.1, -0.05) is 20.3 Å². The maximum absolute atomic E-state index is 11.6. The van der Waals surface area contributed by atoms with Gasteiger partial charge in [0.15, 0.2) is 11.5 Å². The number of benzene rings is 1. The Morgan fingerprint density at radius 3 is 2.15 bits per heavy atom. The molecule has 0 aliphatic heterocycles. The first-order valence-electron chi connectivity index (χ1n) is 9.63. The van der Waals surface area contributed by atoms with E-state index in [1.54, 1.807) is 21.1 Å². The first-order valence-corrected chi connectivity index (χ1v) is 9.63. The summed E-state index contributed by atoms with van der Waals surface area (Å²) in [4.78, 5) is 11.6. The normalized spacial score (nSPS) is 13.2. The highest BCUT2D eigenvalue weighted by atomic mass is 16.5. The molecular formula is C21H34O6. The lowest BCUT2D eigenvalue weighted by atomic mass is 10.00. The van der Waals surface area contributed by atoms with E-state index in [9.17, 15) is 9.90 Å². The van der Waals surface area contributed by atoms with Gasteiger partial charge in [0.2, 0.25) is 5.75 Å². The van der Waals surface area contributed by atoms with E-state index in [-0.39, 0.29) is 18.2 Å². The molecule has 0 fully saturated rings. The van der Waals surface area contributed by atoms with Gasteiger partial charge >= 0.3 is 5.97 Å². The monoisotopic (exact) mass is 382 g/mol. The summed E-state index contributed by atoms with van der Waals surface area (Å²) in [6.07, 6.45) is 1.82. The van der Waals surface area contributed by atoms with Crippen LogP contribution in [-0.2, 0) is 16.0 Å². The number of aliphatic hydroxyl groups excluding tert-OH is 1. The minimum absolute atomic E-state index is 0.0210. The quantitative estimate of drug-likeness (QED) is 0.553. The Balaban J connectivity index is 2.91. The predicted molar refractivity (Wildman–Crippen MR) is 105 cm³/mol. The van der Waals surface area contributed by atoms with Crippen LogP contribution in [0.25, 0.3) is 0 Å². The Kier molecular flexibility index (Phi) is 10.0. The van der Waals surface area contributed by atoms with Crippen molar-refractivity contribution in [1.29, 1.82) is 0 Å². The molecule has 1 aromatic rings. The van der Waals surface area contributed by atoms with Crippen LogP contribution in [0.5, 0.6) is 17.2 Å².